The van der Waals surface area contributed by atoms with E-state index in [2.05, 4.69) is 15.9 Å². The SMILES string of the molecule is CC(C)(C(=O)Cc1cccc(F)c1Br)c1ccccc1. The van der Waals surface area contributed by atoms with Crippen LogP contribution in [0.25, 0.3) is 0 Å². The largest absolute Gasteiger partial charge is 0.298 e. The minimum Gasteiger partial charge on any atom is -0.298 e. The van der Waals surface area contributed by atoms with E-state index in [-0.39, 0.29) is 18.0 Å². The molecular formula is C17H16BrFO. The van der Waals surface area contributed by atoms with Gasteiger partial charge in [0.25, 0.3) is 0 Å². The fraction of sp³-hybridized carbons (Fsp3) is 0.235. The van der Waals surface area contributed by atoms with Gasteiger partial charge in [0.1, 0.15) is 11.6 Å². The van der Waals surface area contributed by atoms with Gasteiger partial charge in [0.2, 0.25) is 0 Å². The van der Waals surface area contributed by atoms with E-state index in [0.29, 0.717) is 10.0 Å². The van der Waals surface area contributed by atoms with Crippen LogP contribution in [0, 0.1) is 5.82 Å². The van der Waals surface area contributed by atoms with Crippen LogP contribution >= 0.6 is 15.9 Å². The number of ketones is 1. The van der Waals surface area contributed by atoms with Crippen molar-refractivity contribution in [3.63, 3.8) is 0 Å². The summed E-state index contributed by atoms with van der Waals surface area (Å²) in [5, 5.41) is 0. The Bertz CT molecular complexity index is 620. The minimum absolute atomic E-state index is 0.0648. The lowest BCUT2D eigenvalue weighted by Gasteiger charge is -2.24. The quantitative estimate of drug-likeness (QED) is 0.793. The predicted octanol–water partition coefficient (Wildman–Crippen LogP) is 4.68. The van der Waals surface area contributed by atoms with Crippen LogP contribution in [0.5, 0.6) is 0 Å². The summed E-state index contributed by atoms with van der Waals surface area (Å²) in [5.74, 6) is -0.275. The molecule has 0 saturated heterocycles. The number of carbonyl (C=O) groups excluding carboxylic acids is 1. The Labute approximate surface area is 127 Å². The Morgan fingerprint density at radius 2 is 1.75 bits per heavy atom. The summed E-state index contributed by atoms with van der Waals surface area (Å²) in [6, 6.07) is 14.4. The standard InChI is InChI=1S/C17H16BrFO/c1-17(2,13-8-4-3-5-9-13)15(20)11-12-7-6-10-14(19)16(12)18/h3-10H,11H2,1-2H3. The molecular weight excluding hydrogens is 319 g/mol. The van der Waals surface area contributed by atoms with Gasteiger partial charge >= 0.3 is 0 Å². The average molecular weight is 335 g/mol. The summed E-state index contributed by atoms with van der Waals surface area (Å²) in [4.78, 5) is 12.6. The highest BCUT2D eigenvalue weighted by molar-refractivity contribution is 9.10. The molecule has 0 N–H and O–H groups in total. The molecule has 0 radical (unpaired) electrons. The van der Waals surface area contributed by atoms with Gasteiger partial charge in [0.15, 0.2) is 0 Å². The van der Waals surface area contributed by atoms with E-state index >= 15 is 0 Å². The van der Waals surface area contributed by atoms with Crippen LogP contribution in [-0.4, -0.2) is 5.78 Å². The Morgan fingerprint density at radius 3 is 2.40 bits per heavy atom. The van der Waals surface area contributed by atoms with Gasteiger partial charge in [-0.25, -0.2) is 4.39 Å². The minimum atomic E-state index is -0.590. The summed E-state index contributed by atoms with van der Waals surface area (Å²) in [7, 11) is 0. The van der Waals surface area contributed by atoms with Crippen LogP contribution in [-0.2, 0) is 16.6 Å². The van der Waals surface area contributed by atoms with E-state index < -0.39 is 5.41 Å². The molecule has 20 heavy (non-hydrogen) atoms. The van der Waals surface area contributed by atoms with Crippen LogP contribution in [0.4, 0.5) is 4.39 Å². The predicted molar refractivity (Wildman–Crippen MR) is 82.3 cm³/mol. The molecule has 0 atom stereocenters. The molecule has 0 spiro atoms. The maximum absolute atomic E-state index is 13.5. The number of rotatable bonds is 4. The molecule has 2 rings (SSSR count). The first kappa shape index (κ1) is 14.9. The fourth-order valence-electron chi connectivity index (χ4n) is 2.09. The second-order valence-electron chi connectivity index (χ2n) is 5.30. The summed E-state index contributed by atoms with van der Waals surface area (Å²) in [6.07, 6.45) is 0.209. The lowest BCUT2D eigenvalue weighted by Crippen LogP contribution is -2.30. The number of hydrogen-bond donors (Lipinski definition) is 0. The van der Waals surface area contributed by atoms with Crippen molar-refractivity contribution in [1.29, 1.82) is 0 Å². The lowest BCUT2D eigenvalue weighted by molar-refractivity contribution is -0.122. The van der Waals surface area contributed by atoms with Crippen LogP contribution < -0.4 is 0 Å². The first-order chi connectivity index (χ1) is 9.43. The normalized spacial score (nSPS) is 11.4. The monoisotopic (exact) mass is 334 g/mol. The molecule has 0 aliphatic heterocycles. The van der Waals surface area contributed by atoms with Crippen molar-refractivity contribution in [2.24, 2.45) is 0 Å². The zero-order valence-electron chi connectivity index (χ0n) is 11.5. The van der Waals surface area contributed by atoms with Gasteiger partial charge in [-0.1, -0.05) is 42.5 Å². The summed E-state index contributed by atoms with van der Waals surface area (Å²) >= 11 is 3.20. The van der Waals surface area contributed by atoms with Crippen molar-refractivity contribution in [1.82, 2.24) is 0 Å². The third-order valence-electron chi connectivity index (χ3n) is 3.58. The molecule has 0 saturated carbocycles. The maximum atomic E-state index is 13.5. The second-order valence-corrected chi connectivity index (χ2v) is 6.10. The number of Topliss-reactive ketones (excluding diaryl/α,β-unsaturated/α-hetero) is 1. The van der Waals surface area contributed by atoms with Gasteiger partial charge in [-0.2, -0.15) is 0 Å². The Hall–Kier alpha value is -1.48. The average Bonchev–Trinajstić information content (AvgIpc) is 2.44. The van der Waals surface area contributed by atoms with Gasteiger partial charge < -0.3 is 0 Å². The van der Waals surface area contributed by atoms with E-state index in [1.54, 1.807) is 12.1 Å². The molecule has 0 aliphatic carbocycles. The first-order valence-corrected chi connectivity index (χ1v) is 7.24. The molecule has 2 aromatic carbocycles. The van der Waals surface area contributed by atoms with E-state index in [0.717, 1.165) is 5.56 Å². The number of halogens is 2. The first-order valence-electron chi connectivity index (χ1n) is 6.44. The van der Waals surface area contributed by atoms with Gasteiger partial charge in [-0.05, 0) is 47.0 Å². The number of carbonyl (C=O) groups is 1. The molecule has 0 aliphatic rings. The highest BCUT2D eigenvalue weighted by Gasteiger charge is 2.29. The third-order valence-corrected chi connectivity index (χ3v) is 4.46. The molecule has 0 fully saturated rings. The van der Waals surface area contributed by atoms with E-state index in [9.17, 15) is 9.18 Å². The lowest BCUT2D eigenvalue weighted by atomic mass is 9.78. The van der Waals surface area contributed by atoms with Crippen molar-refractivity contribution in [2.75, 3.05) is 0 Å². The third kappa shape index (κ3) is 2.98. The van der Waals surface area contributed by atoms with E-state index in [4.69, 9.17) is 0 Å². The zero-order chi connectivity index (χ0) is 14.8. The van der Waals surface area contributed by atoms with Crippen molar-refractivity contribution in [3.8, 4) is 0 Å². The summed E-state index contributed by atoms with van der Waals surface area (Å²) in [5.41, 5.74) is 1.06. The summed E-state index contributed by atoms with van der Waals surface area (Å²) < 4.78 is 13.9. The molecule has 0 amide bonds. The molecule has 104 valence electrons. The van der Waals surface area contributed by atoms with Crippen molar-refractivity contribution >= 4 is 21.7 Å². The smallest absolute Gasteiger partial charge is 0.147 e. The molecule has 0 heterocycles. The molecule has 0 bridgehead atoms. The molecule has 2 aromatic rings. The van der Waals surface area contributed by atoms with E-state index in [1.165, 1.54) is 6.07 Å². The Morgan fingerprint density at radius 1 is 1.10 bits per heavy atom. The molecule has 0 aromatic heterocycles. The summed E-state index contributed by atoms with van der Waals surface area (Å²) in [6.45, 7) is 3.80. The molecule has 0 unspecified atom stereocenters. The van der Waals surface area contributed by atoms with Gasteiger partial charge in [0.05, 0.1) is 4.47 Å². The molecule has 1 nitrogen and oxygen atoms in total. The maximum Gasteiger partial charge on any atom is 0.147 e. The fourth-order valence-corrected chi connectivity index (χ4v) is 2.50. The number of benzene rings is 2. The second kappa shape index (κ2) is 5.88. The van der Waals surface area contributed by atoms with Crippen molar-refractivity contribution < 1.29 is 9.18 Å². The topological polar surface area (TPSA) is 17.1 Å². The van der Waals surface area contributed by atoms with Crippen LogP contribution in [0.15, 0.2) is 53.0 Å². The van der Waals surface area contributed by atoms with E-state index in [1.807, 2.05) is 44.2 Å². The number of hydrogen-bond acceptors (Lipinski definition) is 1. The highest BCUT2D eigenvalue weighted by Crippen LogP contribution is 2.28. The van der Waals surface area contributed by atoms with Crippen molar-refractivity contribution in [3.05, 3.63) is 69.9 Å². The van der Waals surface area contributed by atoms with Gasteiger partial charge in [0, 0.05) is 11.8 Å². The van der Waals surface area contributed by atoms with Crippen LogP contribution in [0.3, 0.4) is 0 Å². The Kier molecular flexibility index (Phi) is 4.39. The zero-order valence-corrected chi connectivity index (χ0v) is 13.1. The van der Waals surface area contributed by atoms with Crippen molar-refractivity contribution in [2.45, 2.75) is 25.7 Å². The van der Waals surface area contributed by atoms with Crippen LogP contribution in [0.2, 0.25) is 0 Å². The molecule has 3 heteroatoms. The van der Waals surface area contributed by atoms with Gasteiger partial charge in [-0.3, -0.25) is 4.79 Å². The van der Waals surface area contributed by atoms with Crippen LogP contribution in [0.1, 0.15) is 25.0 Å². The highest BCUT2D eigenvalue weighted by atomic mass is 79.9. The Balaban J connectivity index is 2.26. The van der Waals surface area contributed by atoms with Gasteiger partial charge in [-0.15, -0.1) is 0 Å².